The second kappa shape index (κ2) is 7.45. The molecular weight excluding hydrogens is 335 g/mol. The molecule has 1 aliphatic carbocycles. The van der Waals surface area contributed by atoms with Gasteiger partial charge in [0.2, 0.25) is 0 Å². The Morgan fingerprint density at radius 3 is 2.77 bits per heavy atom. The van der Waals surface area contributed by atoms with E-state index < -0.39 is 0 Å². The maximum atomic E-state index is 13.2. The molecule has 138 valence electrons. The number of hydrogen-bond donors (Lipinski definition) is 1. The van der Waals surface area contributed by atoms with Crippen molar-refractivity contribution in [3.8, 4) is 5.75 Å². The van der Waals surface area contributed by atoms with Crippen LogP contribution in [0.25, 0.3) is 0 Å². The molecule has 6 nitrogen and oxygen atoms in total. The number of nitrogens with one attached hydrogen (secondary N) is 1. The summed E-state index contributed by atoms with van der Waals surface area (Å²) in [6.07, 6.45) is 2.71. The molecule has 26 heavy (non-hydrogen) atoms. The number of aromatic nitrogens is 2. The Hall–Kier alpha value is -2.41. The summed E-state index contributed by atoms with van der Waals surface area (Å²) in [6, 6.07) is 7.67. The van der Waals surface area contributed by atoms with Gasteiger partial charge in [0.25, 0.3) is 5.91 Å². The van der Waals surface area contributed by atoms with E-state index in [-0.39, 0.29) is 18.3 Å². The molecule has 1 N–H and O–H groups in total. The van der Waals surface area contributed by atoms with Crippen molar-refractivity contribution in [3.63, 3.8) is 0 Å². The number of carbonyl (C=O) groups is 1. The zero-order chi connectivity index (χ0) is 17.9. The Morgan fingerprint density at radius 1 is 1.23 bits per heavy atom. The number of nitrogens with zero attached hydrogens (tertiary/aromatic N) is 3. The summed E-state index contributed by atoms with van der Waals surface area (Å²) < 4.78 is 18.7. The van der Waals surface area contributed by atoms with Crippen molar-refractivity contribution in [1.82, 2.24) is 20.0 Å². The number of benzene rings is 1. The lowest BCUT2D eigenvalue weighted by Crippen LogP contribution is -2.49. The number of rotatable bonds is 6. The summed E-state index contributed by atoms with van der Waals surface area (Å²) in [7, 11) is 0. The molecule has 2 aliphatic rings. The topological polar surface area (TPSA) is 61.5 Å². The number of carbonyl (C=O) groups excluding carboxylic acids is 1. The maximum absolute atomic E-state index is 13.2. The minimum atomic E-state index is -0.344. The highest BCUT2D eigenvalue weighted by atomic mass is 19.1. The van der Waals surface area contributed by atoms with Crippen molar-refractivity contribution < 1.29 is 13.9 Å². The Kier molecular flexibility index (Phi) is 4.88. The van der Waals surface area contributed by atoms with Crippen molar-refractivity contribution in [2.24, 2.45) is 5.92 Å². The van der Waals surface area contributed by atoms with Crippen molar-refractivity contribution in [2.75, 3.05) is 32.7 Å². The van der Waals surface area contributed by atoms with Crippen LogP contribution in [0.4, 0.5) is 4.39 Å². The molecule has 4 rings (SSSR count). The molecule has 0 spiro atoms. The number of aromatic amines is 1. The normalized spacial score (nSPS) is 18.1. The Labute approximate surface area is 151 Å². The molecule has 0 unspecified atom stereocenters. The minimum absolute atomic E-state index is 0.0515. The largest absolute Gasteiger partial charge is 0.487 e. The Balaban J connectivity index is 1.29. The van der Waals surface area contributed by atoms with E-state index in [1.807, 2.05) is 4.90 Å². The van der Waals surface area contributed by atoms with E-state index in [2.05, 4.69) is 15.1 Å². The minimum Gasteiger partial charge on any atom is -0.487 e. The average molecular weight is 358 g/mol. The monoisotopic (exact) mass is 358 g/mol. The van der Waals surface area contributed by atoms with Gasteiger partial charge in [-0.2, -0.15) is 5.10 Å². The van der Waals surface area contributed by atoms with E-state index in [1.54, 1.807) is 18.2 Å². The van der Waals surface area contributed by atoms with E-state index in [0.717, 1.165) is 32.1 Å². The third kappa shape index (κ3) is 4.22. The van der Waals surface area contributed by atoms with Gasteiger partial charge in [0.05, 0.1) is 5.69 Å². The van der Waals surface area contributed by atoms with Gasteiger partial charge in [-0.15, -0.1) is 0 Å². The zero-order valence-corrected chi connectivity index (χ0v) is 14.7. The van der Waals surface area contributed by atoms with Crippen LogP contribution in [0.2, 0.25) is 0 Å². The first-order chi connectivity index (χ1) is 12.7. The summed E-state index contributed by atoms with van der Waals surface area (Å²) in [6.45, 7) is 4.73. The molecule has 1 amide bonds. The summed E-state index contributed by atoms with van der Waals surface area (Å²) in [5, 5.41) is 6.94. The first kappa shape index (κ1) is 17.0. The van der Waals surface area contributed by atoms with E-state index in [0.29, 0.717) is 17.1 Å². The number of H-pyrrole nitrogens is 1. The number of ether oxygens (including phenoxy) is 1. The second-order valence-electron chi connectivity index (χ2n) is 7.06. The predicted molar refractivity (Wildman–Crippen MR) is 94.4 cm³/mol. The molecule has 7 heteroatoms. The van der Waals surface area contributed by atoms with Gasteiger partial charge in [0.15, 0.2) is 5.69 Å². The van der Waals surface area contributed by atoms with Crippen LogP contribution >= 0.6 is 0 Å². The standard InChI is InChI=1S/C19H23FN4O2/c20-15-2-1-3-17(10-15)26-13-16-11-18(22-21-16)19(25)24-8-6-23(7-9-24)12-14-4-5-14/h1-3,10-11,14H,4-9,12-13H2,(H,21,22). The fourth-order valence-electron chi connectivity index (χ4n) is 3.22. The molecule has 2 fully saturated rings. The molecule has 0 radical (unpaired) electrons. The van der Waals surface area contributed by atoms with Crippen LogP contribution in [-0.2, 0) is 6.61 Å². The summed E-state index contributed by atoms with van der Waals surface area (Å²) in [4.78, 5) is 16.9. The average Bonchev–Trinajstić information content (AvgIpc) is 3.34. The van der Waals surface area contributed by atoms with Crippen molar-refractivity contribution in [1.29, 1.82) is 0 Å². The third-order valence-electron chi connectivity index (χ3n) is 4.91. The Morgan fingerprint density at radius 2 is 2.04 bits per heavy atom. The van der Waals surface area contributed by atoms with Gasteiger partial charge in [0, 0.05) is 38.8 Å². The highest BCUT2D eigenvalue weighted by molar-refractivity contribution is 5.92. The fourth-order valence-corrected chi connectivity index (χ4v) is 3.22. The summed E-state index contributed by atoms with van der Waals surface area (Å²) in [5.74, 6) is 0.927. The van der Waals surface area contributed by atoms with Crippen molar-refractivity contribution in [2.45, 2.75) is 19.4 Å². The van der Waals surface area contributed by atoms with Gasteiger partial charge >= 0.3 is 0 Å². The van der Waals surface area contributed by atoms with Gasteiger partial charge in [-0.1, -0.05) is 6.07 Å². The molecular formula is C19H23FN4O2. The van der Waals surface area contributed by atoms with Crippen molar-refractivity contribution >= 4 is 5.91 Å². The van der Waals surface area contributed by atoms with Gasteiger partial charge < -0.3 is 9.64 Å². The molecule has 1 saturated heterocycles. The fraction of sp³-hybridized carbons (Fsp3) is 0.474. The van der Waals surface area contributed by atoms with Crippen LogP contribution in [0.3, 0.4) is 0 Å². The molecule has 0 atom stereocenters. The van der Waals surface area contributed by atoms with Crippen molar-refractivity contribution in [3.05, 3.63) is 47.5 Å². The van der Waals surface area contributed by atoms with Gasteiger partial charge in [-0.05, 0) is 37.0 Å². The first-order valence-electron chi connectivity index (χ1n) is 9.11. The van der Waals surface area contributed by atoms with Gasteiger partial charge in [0.1, 0.15) is 18.2 Å². The lowest BCUT2D eigenvalue weighted by Gasteiger charge is -2.34. The molecule has 2 heterocycles. The predicted octanol–water partition coefficient (Wildman–Crippen LogP) is 2.30. The summed E-state index contributed by atoms with van der Waals surface area (Å²) >= 11 is 0. The van der Waals surface area contributed by atoms with E-state index >= 15 is 0 Å². The maximum Gasteiger partial charge on any atom is 0.274 e. The molecule has 1 aromatic carbocycles. The molecule has 1 aliphatic heterocycles. The highest BCUT2D eigenvalue weighted by Gasteiger charge is 2.28. The third-order valence-corrected chi connectivity index (χ3v) is 4.91. The smallest absolute Gasteiger partial charge is 0.274 e. The SMILES string of the molecule is O=C(c1cc(COc2cccc(F)c2)[nH]n1)N1CCN(CC2CC2)CC1. The summed E-state index contributed by atoms with van der Waals surface area (Å²) in [5.41, 5.74) is 1.09. The van der Waals surface area contributed by atoms with Crippen LogP contribution in [0.1, 0.15) is 29.0 Å². The Bertz CT molecular complexity index is 766. The van der Waals surface area contributed by atoms with Gasteiger partial charge in [-0.25, -0.2) is 4.39 Å². The van der Waals surface area contributed by atoms with Crippen LogP contribution in [0.15, 0.2) is 30.3 Å². The molecule has 1 aromatic heterocycles. The number of hydrogen-bond acceptors (Lipinski definition) is 4. The quantitative estimate of drug-likeness (QED) is 0.861. The second-order valence-corrected chi connectivity index (χ2v) is 7.06. The van der Waals surface area contributed by atoms with E-state index in [9.17, 15) is 9.18 Å². The van der Waals surface area contributed by atoms with Crippen LogP contribution in [0.5, 0.6) is 5.75 Å². The highest BCUT2D eigenvalue weighted by Crippen LogP contribution is 2.30. The molecule has 0 bridgehead atoms. The lowest BCUT2D eigenvalue weighted by atomic mass is 10.2. The van der Waals surface area contributed by atoms with Crippen LogP contribution < -0.4 is 4.74 Å². The zero-order valence-electron chi connectivity index (χ0n) is 14.7. The van der Waals surface area contributed by atoms with E-state index in [1.165, 1.54) is 31.5 Å². The number of amides is 1. The van der Waals surface area contributed by atoms with Crippen LogP contribution in [0, 0.1) is 11.7 Å². The first-order valence-corrected chi connectivity index (χ1v) is 9.11. The number of halogens is 1. The van der Waals surface area contributed by atoms with Crippen LogP contribution in [-0.4, -0.2) is 58.6 Å². The lowest BCUT2D eigenvalue weighted by molar-refractivity contribution is 0.0626. The van der Waals surface area contributed by atoms with E-state index in [4.69, 9.17) is 4.74 Å². The molecule has 1 saturated carbocycles. The van der Waals surface area contributed by atoms with Gasteiger partial charge in [-0.3, -0.25) is 14.8 Å². The molecule has 2 aromatic rings. The number of piperazine rings is 1.